The van der Waals surface area contributed by atoms with Crippen LogP contribution >= 0.6 is 0 Å². The molecule has 0 aliphatic heterocycles. The topological polar surface area (TPSA) is 32.9 Å². The number of pyridine rings is 1. The van der Waals surface area contributed by atoms with Crippen LogP contribution in [0.1, 0.15) is 11.3 Å². The van der Waals surface area contributed by atoms with Crippen molar-refractivity contribution in [2.75, 3.05) is 0 Å². The molecule has 0 bridgehead atoms. The quantitative estimate of drug-likeness (QED) is 0.542. The van der Waals surface area contributed by atoms with Crippen LogP contribution in [-0.4, -0.2) is 4.98 Å². The van der Waals surface area contributed by atoms with Crippen LogP contribution in [0.3, 0.4) is 0 Å². The largest absolute Gasteiger partial charge is 0.326 e. The highest BCUT2D eigenvalue weighted by Crippen LogP contribution is 1.94. The lowest BCUT2D eigenvalue weighted by molar-refractivity contribution is 1.10. The van der Waals surface area contributed by atoms with Crippen LogP contribution in [-0.2, 0) is 0 Å². The van der Waals surface area contributed by atoms with E-state index in [1.165, 1.54) is 6.07 Å². The molecule has 1 rings (SSSR count). The second kappa shape index (κ2) is 2.05. The first-order chi connectivity index (χ1) is 4.20. The number of hydrogen-bond donors (Lipinski definition) is 1. The molecule has 0 spiro atoms. The van der Waals surface area contributed by atoms with Gasteiger partial charge in [-0.15, -0.1) is 0 Å². The molecule has 1 heterocycles. The summed E-state index contributed by atoms with van der Waals surface area (Å²) in [6.45, 7) is 3.76. The number of aromatic nitrogens is 1. The van der Waals surface area contributed by atoms with Gasteiger partial charge in [0.2, 0.25) is 5.56 Å². The van der Waals surface area contributed by atoms with E-state index >= 15 is 0 Å². The van der Waals surface area contributed by atoms with Crippen molar-refractivity contribution in [2.24, 2.45) is 0 Å². The van der Waals surface area contributed by atoms with Crippen LogP contribution in [0.25, 0.3) is 0 Å². The molecule has 0 saturated carbocycles. The molecule has 0 saturated heterocycles. The molecular weight excluding hydrogens is 114 g/mol. The Balaban J connectivity index is 3.34. The number of H-pyrrole nitrogens is 1. The maximum atomic E-state index is 10.6. The molecule has 1 N–H and O–H groups in total. The van der Waals surface area contributed by atoms with Crippen molar-refractivity contribution in [1.82, 2.24) is 4.98 Å². The normalized spacial score (nSPS) is 9.56. The van der Waals surface area contributed by atoms with Crippen molar-refractivity contribution in [3.8, 4) is 0 Å². The van der Waals surface area contributed by atoms with Gasteiger partial charge in [-0.05, 0) is 25.5 Å². The molecule has 0 atom stereocenters. The third kappa shape index (κ3) is 1.19. The Morgan fingerprint density at radius 3 is 2.67 bits per heavy atom. The minimum absolute atomic E-state index is 0.0851. The number of nitrogens with one attached hydrogen (secondary N) is 1. The number of hydrogen-bond acceptors (Lipinski definition) is 1. The van der Waals surface area contributed by atoms with Gasteiger partial charge in [0.25, 0.3) is 0 Å². The van der Waals surface area contributed by atoms with Gasteiger partial charge in [0.05, 0.1) is 0 Å². The molecule has 1 aromatic rings. The highest BCUT2D eigenvalue weighted by molar-refractivity contribution is 5.13. The van der Waals surface area contributed by atoms with Gasteiger partial charge in [-0.25, -0.2) is 0 Å². The van der Waals surface area contributed by atoms with Gasteiger partial charge >= 0.3 is 0 Å². The maximum Gasteiger partial charge on any atom is 0.248 e. The van der Waals surface area contributed by atoms with Gasteiger partial charge in [-0.3, -0.25) is 4.79 Å². The van der Waals surface area contributed by atoms with Crippen molar-refractivity contribution in [1.29, 1.82) is 0 Å². The Labute approximate surface area is 53.5 Å². The average Bonchev–Trinajstić information content (AvgIpc) is 1.80. The maximum absolute atomic E-state index is 10.6. The molecule has 9 heavy (non-hydrogen) atoms. The molecule has 1 radical (unpaired) electrons. The lowest BCUT2D eigenvalue weighted by Gasteiger charge is -1.93. The summed E-state index contributed by atoms with van der Waals surface area (Å²) in [6.07, 6.45) is 0. The molecular formula is C7H8NO. The van der Waals surface area contributed by atoms with Gasteiger partial charge in [-0.1, -0.05) is 0 Å². The molecule has 0 unspecified atom stereocenters. The second-order valence-electron chi connectivity index (χ2n) is 2.03. The summed E-state index contributed by atoms with van der Waals surface area (Å²) >= 11 is 0. The third-order valence-corrected chi connectivity index (χ3v) is 1.29. The second-order valence-corrected chi connectivity index (χ2v) is 2.03. The fraction of sp³-hybridized carbons (Fsp3) is 0.286. The van der Waals surface area contributed by atoms with E-state index in [4.69, 9.17) is 0 Å². The molecule has 0 amide bonds. The molecule has 0 aliphatic carbocycles. The molecule has 47 valence electrons. The zero-order valence-electron chi connectivity index (χ0n) is 5.49. The Bertz CT molecular complexity index is 262. The van der Waals surface area contributed by atoms with Crippen molar-refractivity contribution < 1.29 is 0 Å². The summed E-state index contributed by atoms with van der Waals surface area (Å²) in [7, 11) is 0. The predicted octanol–water partition coefficient (Wildman–Crippen LogP) is 0.792. The standard InChI is InChI=1S/C7H8NO/c1-5-3-4-7(9)8-6(5)2/h4H,1-2H3,(H,8,9). The number of aromatic amines is 1. The molecule has 2 heteroatoms. The van der Waals surface area contributed by atoms with Crippen LogP contribution < -0.4 is 5.56 Å². The summed E-state index contributed by atoms with van der Waals surface area (Å²) in [5, 5.41) is 0. The van der Waals surface area contributed by atoms with Crippen LogP contribution in [0.2, 0.25) is 0 Å². The fourth-order valence-corrected chi connectivity index (χ4v) is 0.597. The van der Waals surface area contributed by atoms with Crippen LogP contribution in [0.4, 0.5) is 0 Å². The zero-order valence-corrected chi connectivity index (χ0v) is 5.49. The number of rotatable bonds is 0. The molecule has 0 aromatic carbocycles. The minimum Gasteiger partial charge on any atom is -0.326 e. The monoisotopic (exact) mass is 122 g/mol. The van der Waals surface area contributed by atoms with Gasteiger partial charge in [-0.2, -0.15) is 0 Å². The summed E-state index contributed by atoms with van der Waals surface area (Å²) in [4.78, 5) is 13.2. The number of aryl methyl sites for hydroxylation is 2. The van der Waals surface area contributed by atoms with Crippen molar-refractivity contribution >= 4 is 0 Å². The predicted molar refractivity (Wildman–Crippen MR) is 35.4 cm³/mol. The Hall–Kier alpha value is -1.05. The van der Waals surface area contributed by atoms with E-state index in [1.807, 2.05) is 13.8 Å². The molecule has 0 fully saturated rings. The Kier molecular flexibility index (Phi) is 1.39. The smallest absolute Gasteiger partial charge is 0.248 e. The summed E-state index contributed by atoms with van der Waals surface area (Å²) in [5.74, 6) is 0. The summed E-state index contributed by atoms with van der Waals surface area (Å²) < 4.78 is 0. The van der Waals surface area contributed by atoms with Crippen LogP contribution in [0.15, 0.2) is 10.9 Å². The first kappa shape index (κ1) is 6.08. The third-order valence-electron chi connectivity index (χ3n) is 1.29. The molecule has 2 nitrogen and oxygen atoms in total. The van der Waals surface area contributed by atoms with E-state index in [-0.39, 0.29) is 5.56 Å². The first-order valence-corrected chi connectivity index (χ1v) is 2.78. The SMILES string of the molecule is Cc1[c]cc(=O)[nH]c1C. The van der Waals surface area contributed by atoms with Crippen LogP contribution in [0.5, 0.6) is 0 Å². The Morgan fingerprint density at radius 1 is 1.56 bits per heavy atom. The van der Waals surface area contributed by atoms with E-state index in [0.717, 1.165) is 11.3 Å². The van der Waals surface area contributed by atoms with Gasteiger partial charge in [0.15, 0.2) is 0 Å². The van der Waals surface area contributed by atoms with E-state index < -0.39 is 0 Å². The lowest BCUT2D eigenvalue weighted by atomic mass is 10.2. The van der Waals surface area contributed by atoms with Gasteiger partial charge in [0, 0.05) is 11.8 Å². The van der Waals surface area contributed by atoms with Gasteiger partial charge < -0.3 is 4.98 Å². The van der Waals surface area contributed by atoms with E-state index in [2.05, 4.69) is 11.1 Å². The van der Waals surface area contributed by atoms with Gasteiger partial charge in [0.1, 0.15) is 0 Å². The average molecular weight is 122 g/mol. The van der Waals surface area contributed by atoms with E-state index in [9.17, 15) is 4.79 Å². The first-order valence-electron chi connectivity index (χ1n) is 2.78. The fourth-order valence-electron chi connectivity index (χ4n) is 0.597. The molecule has 1 aromatic heterocycles. The lowest BCUT2D eigenvalue weighted by Crippen LogP contribution is -2.05. The summed E-state index contributed by atoms with van der Waals surface area (Å²) in [6, 6.07) is 4.23. The van der Waals surface area contributed by atoms with E-state index in [0.29, 0.717) is 0 Å². The highest BCUT2D eigenvalue weighted by Gasteiger charge is 1.89. The van der Waals surface area contributed by atoms with Crippen molar-refractivity contribution in [3.63, 3.8) is 0 Å². The highest BCUT2D eigenvalue weighted by atomic mass is 16.1. The zero-order chi connectivity index (χ0) is 6.85. The minimum atomic E-state index is -0.0851. The Morgan fingerprint density at radius 2 is 2.22 bits per heavy atom. The van der Waals surface area contributed by atoms with Crippen molar-refractivity contribution in [3.05, 3.63) is 33.7 Å². The summed E-state index contributed by atoms with van der Waals surface area (Å²) in [5.41, 5.74) is 1.80. The van der Waals surface area contributed by atoms with E-state index in [1.54, 1.807) is 0 Å². The van der Waals surface area contributed by atoms with Crippen molar-refractivity contribution in [2.45, 2.75) is 13.8 Å². The van der Waals surface area contributed by atoms with Crippen LogP contribution in [0, 0.1) is 19.9 Å². The molecule has 0 aliphatic rings.